The number of aromatic nitrogens is 12. The highest BCUT2D eigenvalue weighted by Crippen LogP contribution is 2.42. The fraction of sp³-hybridized carbons (Fsp3) is 0.434. The molecule has 0 spiro atoms. The number of aliphatic hydroxyl groups is 2. The number of hydrogen-bond acceptors (Lipinski definition) is 27. The van der Waals surface area contributed by atoms with Crippen LogP contribution < -0.4 is 47.9 Å². The van der Waals surface area contributed by atoms with Crippen molar-refractivity contribution in [3.05, 3.63) is 165 Å². The molecule has 1 aliphatic carbocycles. The molecule has 3 aromatic carbocycles. The molecular formula is C76H92FN21O8S2. The maximum Gasteiger partial charge on any atom is 0.273 e. The van der Waals surface area contributed by atoms with Crippen LogP contribution in [0.4, 0.5) is 55.2 Å². The zero-order chi connectivity index (χ0) is 77.5. The van der Waals surface area contributed by atoms with Gasteiger partial charge in [-0.05, 0) is 194 Å². The lowest BCUT2D eigenvalue weighted by molar-refractivity contribution is 0.0777. The van der Waals surface area contributed by atoms with Gasteiger partial charge in [0.05, 0.1) is 46.2 Å². The molecule has 3 aliphatic heterocycles. The van der Waals surface area contributed by atoms with Crippen molar-refractivity contribution in [2.24, 2.45) is 41.5 Å². The fourth-order valence-corrected chi connectivity index (χ4v) is 15.2. The van der Waals surface area contributed by atoms with Gasteiger partial charge in [-0.2, -0.15) is 23.8 Å². The summed E-state index contributed by atoms with van der Waals surface area (Å²) in [5, 5.41) is 51.5. The summed E-state index contributed by atoms with van der Waals surface area (Å²) in [6.07, 6.45) is 13.8. The van der Waals surface area contributed by atoms with E-state index in [-0.39, 0.29) is 87.4 Å². The van der Waals surface area contributed by atoms with Crippen molar-refractivity contribution < 1.29 is 43.4 Å². The first kappa shape index (κ1) is 78.4. The van der Waals surface area contributed by atoms with Crippen LogP contribution in [0.1, 0.15) is 216 Å². The zero-order valence-electron chi connectivity index (χ0n) is 62.2. The Hall–Kier alpha value is -10.7. The number of carbonyl (C=O) groups excluding carboxylic acids is 6. The highest BCUT2D eigenvalue weighted by atomic mass is 32.1. The number of carbonyl (C=O) groups is 6. The number of nitrogens with two attached hydrogens (primary N) is 3. The number of aryl methyl sites for hydroxylation is 3. The van der Waals surface area contributed by atoms with Crippen LogP contribution in [0.2, 0.25) is 0 Å². The van der Waals surface area contributed by atoms with E-state index >= 15 is 0 Å². The number of piperidine rings is 3. The van der Waals surface area contributed by atoms with Crippen molar-refractivity contribution in [1.29, 1.82) is 0 Å². The van der Waals surface area contributed by atoms with Crippen LogP contribution in [0.15, 0.2) is 97.5 Å². The van der Waals surface area contributed by atoms with Crippen LogP contribution in [0.3, 0.4) is 0 Å². The summed E-state index contributed by atoms with van der Waals surface area (Å²) >= 11 is 2.47. The molecule has 29 nitrogen and oxygen atoms in total. The molecule has 4 aliphatic rings. The molecule has 9 aromatic rings. The Morgan fingerprint density at radius 3 is 1.60 bits per heavy atom. The van der Waals surface area contributed by atoms with Gasteiger partial charge >= 0.3 is 0 Å². The minimum absolute atomic E-state index is 0.00684. The normalized spacial score (nSPS) is 18.7. The molecule has 568 valence electrons. The van der Waals surface area contributed by atoms with Gasteiger partial charge in [0.1, 0.15) is 21.6 Å². The number of halogens is 1. The van der Waals surface area contributed by atoms with E-state index in [4.69, 9.17) is 17.2 Å². The summed E-state index contributed by atoms with van der Waals surface area (Å²) < 4.78 is 24.8. The molecule has 5 atom stereocenters. The van der Waals surface area contributed by atoms with E-state index in [1.165, 1.54) is 53.6 Å². The average Bonchev–Trinajstić information content (AvgIpc) is 0.934. The lowest BCUT2D eigenvalue weighted by Crippen LogP contribution is -2.45. The maximum atomic E-state index is 14.7. The van der Waals surface area contributed by atoms with E-state index in [0.29, 0.717) is 88.7 Å². The largest absolute Gasteiger partial charge is 0.386 e. The third-order valence-electron chi connectivity index (χ3n) is 20.1. The molecular weight excluding hydrogens is 1420 g/mol. The van der Waals surface area contributed by atoms with Crippen molar-refractivity contribution in [3.63, 3.8) is 0 Å². The Morgan fingerprint density at radius 1 is 0.611 bits per heavy atom. The second-order valence-corrected chi connectivity index (χ2v) is 31.3. The number of hydrogen-bond donors (Lipinski definition) is 8. The van der Waals surface area contributed by atoms with Crippen LogP contribution >= 0.6 is 23.1 Å². The summed E-state index contributed by atoms with van der Waals surface area (Å²) in [5.74, 6) is -0.119. The van der Waals surface area contributed by atoms with Gasteiger partial charge < -0.3 is 58.1 Å². The summed E-state index contributed by atoms with van der Waals surface area (Å²) in [6.45, 7) is 19.3. The second kappa shape index (κ2) is 33.2. The molecule has 1 saturated carbocycles. The topological polar surface area (TPSA) is 413 Å². The highest BCUT2D eigenvalue weighted by Gasteiger charge is 2.38. The van der Waals surface area contributed by atoms with Crippen LogP contribution in [0, 0.1) is 36.9 Å². The summed E-state index contributed by atoms with van der Waals surface area (Å²) in [5.41, 5.74) is 20.4. The molecule has 6 aromatic heterocycles. The third kappa shape index (κ3) is 19.5. The Labute approximate surface area is 633 Å². The lowest BCUT2D eigenvalue weighted by atomic mass is 9.77. The average molecular weight is 1510 g/mol. The van der Waals surface area contributed by atoms with E-state index in [1.54, 1.807) is 88.3 Å². The van der Waals surface area contributed by atoms with Crippen molar-refractivity contribution in [2.45, 2.75) is 162 Å². The van der Waals surface area contributed by atoms with Crippen LogP contribution in [0.5, 0.6) is 0 Å². The van der Waals surface area contributed by atoms with Crippen LogP contribution in [-0.4, -0.2) is 142 Å². The van der Waals surface area contributed by atoms with Gasteiger partial charge in [-0.3, -0.25) is 33.4 Å². The van der Waals surface area contributed by atoms with E-state index < -0.39 is 34.7 Å². The molecule has 32 heteroatoms. The fourth-order valence-electron chi connectivity index (χ4n) is 13.8. The van der Waals surface area contributed by atoms with E-state index in [2.05, 4.69) is 101 Å². The van der Waals surface area contributed by atoms with Crippen LogP contribution in [0.25, 0.3) is 0 Å². The van der Waals surface area contributed by atoms with E-state index in [0.717, 1.165) is 67.6 Å². The standard InChI is InChI=1S/C26H31N7O2.C25H30FN7O3S.C25H31N7O3S/c1-26(12-21(34)19-8-6-18(7-9-19)17-4-5-17)10-3-11-33(16-26)22-14-28-23(24(27)35)25(31-22)30-20-13-29-32(2)15-20;1-13-10-20(37-32-13)28-23-21(22(27)35)30-31-24(29-23)33-9-5-6-15(14(33)2)11-19(34)17-8-7-16(12-18(17)26)25(3,4)36;1-14-12-20(36-31-14)27-23-21(22(26)34)29-30-24(28-23)32-11-5-6-17(15(32)2)13-19(33)16-7-9-18(10-8-16)25(3,4)35/h6-9,13-15,17H,3-5,10-12,16H2,1-2H3,(H2,27,35)(H,30,31);7-8,10,12,14-15,36H,5-6,9,11H2,1-4H3,(H2,27,35)(H,28,29,31);7-10,12,15,17,35H,5-6,11,13H2,1-4H3,(H2,26,34)(H,27,28,30)/t26-;14-,15+;15-,17+/m011/s1. The second-order valence-electron chi connectivity index (χ2n) is 29.7. The van der Waals surface area contributed by atoms with Gasteiger partial charge in [-0.1, -0.05) is 61.5 Å². The molecule has 4 fully saturated rings. The lowest BCUT2D eigenvalue weighted by Gasteiger charge is -2.40. The van der Waals surface area contributed by atoms with Gasteiger partial charge in [-0.25, -0.2) is 14.4 Å². The number of primary amides is 3. The molecule has 3 amide bonds. The maximum absolute atomic E-state index is 14.7. The molecule has 11 N–H and O–H groups in total. The minimum atomic E-state index is -1.20. The minimum Gasteiger partial charge on any atom is -0.386 e. The van der Waals surface area contributed by atoms with Crippen LogP contribution in [-0.2, 0) is 18.2 Å². The monoisotopic (exact) mass is 1510 g/mol. The molecule has 108 heavy (non-hydrogen) atoms. The predicted molar refractivity (Wildman–Crippen MR) is 411 cm³/mol. The number of benzene rings is 3. The Balaban J connectivity index is 0.000000161. The number of ketones is 3. The Morgan fingerprint density at radius 2 is 1.12 bits per heavy atom. The molecule has 9 heterocycles. The SMILES string of the molecule is Cc1cc(Nc2nc(N3CCC[C@@H](CC(=O)c4ccc(C(C)(C)O)cc4)[C@H]3C)nnc2C(N)=O)sn1.Cc1cc(Nc2nc(N3CCC[C@@H](CC(=O)c4ccc(C(C)(C)O)cc4F)[C@H]3C)nnc2C(N)=O)sn1.Cn1cc(Nc2nc(N3CCC[C@@](C)(CC(=O)c4ccc(C5CC5)cc4)C3)cnc2C(N)=O)cn1. The van der Waals surface area contributed by atoms with Gasteiger partial charge in [0.2, 0.25) is 11.9 Å². The van der Waals surface area contributed by atoms with Crippen molar-refractivity contribution in [1.82, 2.24) is 58.9 Å². The quantitative estimate of drug-likeness (QED) is 0.0260. The van der Waals surface area contributed by atoms with Gasteiger partial charge in [0.15, 0.2) is 51.9 Å². The third-order valence-corrected chi connectivity index (χ3v) is 21.7. The zero-order valence-corrected chi connectivity index (χ0v) is 63.8. The number of nitrogens with one attached hydrogen (secondary N) is 3. The first-order chi connectivity index (χ1) is 51.3. The number of nitrogens with zero attached hydrogens (tertiary/aromatic N) is 15. The van der Waals surface area contributed by atoms with E-state index in [1.807, 2.05) is 54.8 Å². The smallest absolute Gasteiger partial charge is 0.273 e. The summed E-state index contributed by atoms with van der Waals surface area (Å²) in [4.78, 5) is 99.2. The number of rotatable bonds is 24. The predicted octanol–water partition coefficient (Wildman–Crippen LogP) is 11.1. The Bertz CT molecular complexity index is 4770. The van der Waals surface area contributed by atoms with Gasteiger partial charge in [-0.15, -0.1) is 20.4 Å². The first-order valence-corrected chi connectivity index (χ1v) is 37.6. The Kier molecular flexibility index (Phi) is 24.1. The summed E-state index contributed by atoms with van der Waals surface area (Å²) in [7, 11) is 1.81. The van der Waals surface area contributed by atoms with Crippen molar-refractivity contribution in [3.8, 4) is 0 Å². The number of amides is 3. The van der Waals surface area contributed by atoms with Gasteiger partial charge in [0, 0.05) is 81.9 Å². The number of Topliss-reactive ketones (excluding diaryl/α,β-unsaturated/α-hetero) is 3. The van der Waals surface area contributed by atoms with Gasteiger partial charge in [0.25, 0.3) is 17.7 Å². The van der Waals surface area contributed by atoms with Crippen molar-refractivity contribution in [2.75, 3.05) is 56.8 Å². The molecule has 3 saturated heterocycles. The molecule has 0 radical (unpaired) electrons. The van der Waals surface area contributed by atoms with E-state index in [9.17, 15) is 43.4 Å². The molecule has 0 unspecified atom stereocenters. The summed E-state index contributed by atoms with van der Waals surface area (Å²) in [6, 6.07) is 23.0. The number of anilines is 9. The highest BCUT2D eigenvalue weighted by molar-refractivity contribution is 7.10. The van der Waals surface area contributed by atoms with Crippen molar-refractivity contribution >= 4 is 109 Å². The first-order valence-electron chi connectivity index (χ1n) is 36.0. The molecule has 0 bridgehead atoms. The molecule has 13 rings (SSSR count).